The van der Waals surface area contributed by atoms with E-state index in [2.05, 4.69) is 18.9 Å². The molecule has 0 spiro atoms. The largest absolute Gasteiger partial charge is 0.327 e. The van der Waals surface area contributed by atoms with Crippen LogP contribution in [-0.2, 0) is 7.05 Å². The number of hydrogen-bond acceptors (Lipinski definition) is 2. The molecule has 1 aromatic heterocycles. The summed E-state index contributed by atoms with van der Waals surface area (Å²) >= 11 is 0. The first-order valence-electron chi connectivity index (χ1n) is 5.37. The van der Waals surface area contributed by atoms with E-state index < -0.39 is 0 Å². The van der Waals surface area contributed by atoms with Crippen LogP contribution in [0.15, 0.2) is 0 Å². The second kappa shape index (κ2) is 3.39. The normalized spacial score (nSPS) is 27.1. The van der Waals surface area contributed by atoms with E-state index in [-0.39, 0.29) is 0 Å². The first-order valence-corrected chi connectivity index (χ1v) is 5.37. The maximum atomic E-state index is 6.12. The van der Waals surface area contributed by atoms with Gasteiger partial charge in [0, 0.05) is 24.7 Å². The average Bonchev–Trinajstić information content (AvgIpc) is 2.60. The number of nitrogens with two attached hydrogens (primary N) is 1. The molecule has 2 rings (SSSR count). The van der Waals surface area contributed by atoms with E-state index in [1.54, 1.807) is 0 Å². The molecule has 3 nitrogen and oxygen atoms in total. The molecule has 0 bridgehead atoms. The van der Waals surface area contributed by atoms with Gasteiger partial charge < -0.3 is 5.73 Å². The molecule has 1 heterocycles. The number of aryl methyl sites for hydroxylation is 2. The van der Waals surface area contributed by atoms with Gasteiger partial charge in [-0.25, -0.2) is 0 Å². The van der Waals surface area contributed by atoms with Gasteiger partial charge in [0.05, 0.1) is 5.69 Å². The lowest BCUT2D eigenvalue weighted by Gasteiger charge is -2.16. The summed E-state index contributed by atoms with van der Waals surface area (Å²) in [6.07, 6.45) is 3.64. The minimum Gasteiger partial charge on any atom is -0.327 e. The van der Waals surface area contributed by atoms with Gasteiger partial charge in [0.2, 0.25) is 0 Å². The smallest absolute Gasteiger partial charge is 0.0625 e. The highest BCUT2D eigenvalue weighted by atomic mass is 15.3. The van der Waals surface area contributed by atoms with Gasteiger partial charge in [-0.2, -0.15) is 5.10 Å². The lowest BCUT2D eigenvalue weighted by Crippen LogP contribution is -2.24. The molecule has 1 aliphatic rings. The van der Waals surface area contributed by atoms with Crippen LogP contribution < -0.4 is 5.73 Å². The summed E-state index contributed by atoms with van der Waals surface area (Å²) in [5.74, 6) is 0.529. The van der Waals surface area contributed by atoms with Crippen LogP contribution in [0.1, 0.15) is 42.1 Å². The van der Waals surface area contributed by atoms with E-state index in [1.165, 1.54) is 24.1 Å². The lowest BCUT2D eigenvalue weighted by molar-refractivity contribution is 0.555. The minimum absolute atomic E-state index is 0.337. The molecule has 3 heteroatoms. The van der Waals surface area contributed by atoms with Crippen LogP contribution in [0, 0.1) is 13.8 Å². The van der Waals surface area contributed by atoms with E-state index in [9.17, 15) is 0 Å². The highest BCUT2D eigenvalue weighted by molar-refractivity contribution is 5.28. The Bertz CT molecular complexity index is 341. The molecule has 1 saturated carbocycles. The molecule has 14 heavy (non-hydrogen) atoms. The van der Waals surface area contributed by atoms with Gasteiger partial charge in [-0.15, -0.1) is 0 Å². The summed E-state index contributed by atoms with van der Waals surface area (Å²) in [5, 5.41) is 4.45. The Balaban J connectivity index is 2.39. The Morgan fingerprint density at radius 1 is 1.36 bits per heavy atom. The molecule has 0 aromatic carbocycles. The Hall–Kier alpha value is -0.830. The highest BCUT2D eigenvalue weighted by Gasteiger charge is 2.29. The van der Waals surface area contributed by atoms with E-state index in [0.717, 1.165) is 12.1 Å². The first-order chi connectivity index (χ1) is 6.61. The molecular formula is C11H19N3. The van der Waals surface area contributed by atoms with E-state index in [1.807, 2.05) is 11.7 Å². The van der Waals surface area contributed by atoms with Crippen LogP contribution in [-0.4, -0.2) is 15.8 Å². The van der Waals surface area contributed by atoms with Crippen molar-refractivity contribution in [3.63, 3.8) is 0 Å². The van der Waals surface area contributed by atoms with Crippen molar-refractivity contribution in [2.24, 2.45) is 12.8 Å². The standard InChI is InChI=1S/C11H19N3/c1-7-8(2)13-14(3)11(7)9-5-4-6-10(9)12/h9-10H,4-6,12H2,1-3H3. The minimum atomic E-state index is 0.337. The molecule has 2 N–H and O–H groups in total. The molecule has 0 radical (unpaired) electrons. The Morgan fingerprint density at radius 3 is 2.50 bits per heavy atom. The van der Waals surface area contributed by atoms with Gasteiger partial charge in [0.15, 0.2) is 0 Å². The zero-order valence-corrected chi connectivity index (χ0v) is 9.25. The molecule has 1 fully saturated rings. The summed E-state index contributed by atoms with van der Waals surface area (Å²) in [6, 6.07) is 0.337. The molecule has 78 valence electrons. The Kier molecular flexibility index (Phi) is 2.35. The quantitative estimate of drug-likeness (QED) is 0.736. The third-order valence-electron chi connectivity index (χ3n) is 3.50. The van der Waals surface area contributed by atoms with Gasteiger partial charge in [-0.05, 0) is 32.3 Å². The van der Waals surface area contributed by atoms with Gasteiger partial charge in [-0.3, -0.25) is 4.68 Å². The van der Waals surface area contributed by atoms with Crippen LogP contribution in [0.2, 0.25) is 0 Å². The predicted octanol–water partition coefficient (Wildman–Crippen LogP) is 1.63. The van der Waals surface area contributed by atoms with Gasteiger partial charge in [0.25, 0.3) is 0 Å². The Labute approximate surface area is 85.3 Å². The fourth-order valence-electron chi connectivity index (χ4n) is 2.63. The van der Waals surface area contributed by atoms with Crippen molar-refractivity contribution >= 4 is 0 Å². The van der Waals surface area contributed by atoms with Gasteiger partial charge >= 0.3 is 0 Å². The molecule has 0 amide bonds. The van der Waals surface area contributed by atoms with E-state index >= 15 is 0 Å². The van der Waals surface area contributed by atoms with Crippen LogP contribution in [0.5, 0.6) is 0 Å². The maximum absolute atomic E-state index is 6.12. The summed E-state index contributed by atoms with van der Waals surface area (Å²) < 4.78 is 2.01. The summed E-state index contributed by atoms with van der Waals surface area (Å²) in [4.78, 5) is 0. The highest BCUT2D eigenvalue weighted by Crippen LogP contribution is 2.35. The number of aromatic nitrogens is 2. The maximum Gasteiger partial charge on any atom is 0.0625 e. The topological polar surface area (TPSA) is 43.8 Å². The van der Waals surface area contributed by atoms with Gasteiger partial charge in [0.1, 0.15) is 0 Å². The molecule has 0 aliphatic heterocycles. The van der Waals surface area contributed by atoms with Crippen molar-refractivity contribution in [2.75, 3.05) is 0 Å². The number of hydrogen-bond donors (Lipinski definition) is 1. The molecule has 0 saturated heterocycles. The lowest BCUT2D eigenvalue weighted by atomic mass is 9.96. The third kappa shape index (κ3) is 1.36. The zero-order chi connectivity index (χ0) is 10.3. The molecular weight excluding hydrogens is 174 g/mol. The van der Waals surface area contributed by atoms with E-state index in [0.29, 0.717) is 12.0 Å². The SMILES string of the molecule is Cc1nn(C)c(C2CCCC2N)c1C. The average molecular weight is 193 g/mol. The van der Waals surface area contributed by atoms with Crippen molar-refractivity contribution in [1.82, 2.24) is 9.78 Å². The Morgan fingerprint density at radius 2 is 2.07 bits per heavy atom. The zero-order valence-electron chi connectivity index (χ0n) is 9.25. The van der Waals surface area contributed by atoms with Gasteiger partial charge in [-0.1, -0.05) is 6.42 Å². The van der Waals surface area contributed by atoms with Crippen LogP contribution in [0.25, 0.3) is 0 Å². The summed E-state index contributed by atoms with van der Waals surface area (Å²) in [6.45, 7) is 4.22. The van der Waals surface area contributed by atoms with Crippen molar-refractivity contribution in [2.45, 2.75) is 45.1 Å². The van der Waals surface area contributed by atoms with Crippen molar-refractivity contribution < 1.29 is 0 Å². The second-order valence-electron chi connectivity index (χ2n) is 4.42. The fourth-order valence-corrected chi connectivity index (χ4v) is 2.63. The molecule has 1 aromatic rings. The molecule has 2 atom stereocenters. The van der Waals surface area contributed by atoms with Crippen molar-refractivity contribution in [3.05, 3.63) is 17.0 Å². The summed E-state index contributed by atoms with van der Waals surface area (Å²) in [7, 11) is 2.03. The number of nitrogens with zero attached hydrogens (tertiary/aromatic N) is 2. The first kappa shape index (κ1) is 9.71. The molecule has 1 aliphatic carbocycles. The van der Waals surface area contributed by atoms with Crippen LogP contribution >= 0.6 is 0 Å². The monoisotopic (exact) mass is 193 g/mol. The van der Waals surface area contributed by atoms with Crippen molar-refractivity contribution in [3.8, 4) is 0 Å². The predicted molar refractivity (Wildman–Crippen MR) is 57.2 cm³/mol. The van der Waals surface area contributed by atoms with Crippen LogP contribution in [0.4, 0.5) is 0 Å². The molecule has 2 unspecified atom stereocenters. The second-order valence-corrected chi connectivity index (χ2v) is 4.42. The third-order valence-corrected chi connectivity index (χ3v) is 3.50. The van der Waals surface area contributed by atoms with E-state index in [4.69, 9.17) is 5.73 Å². The number of rotatable bonds is 1. The van der Waals surface area contributed by atoms with Crippen molar-refractivity contribution in [1.29, 1.82) is 0 Å². The van der Waals surface area contributed by atoms with Crippen LogP contribution in [0.3, 0.4) is 0 Å². The summed E-state index contributed by atoms with van der Waals surface area (Å²) in [5.41, 5.74) is 9.94. The fraction of sp³-hybridized carbons (Fsp3) is 0.727.